The Hall–Kier alpha value is -1.09. The van der Waals surface area contributed by atoms with E-state index in [1.165, 1.54) is 6.07 Å². The molecule has 0 aliphatic carbocycles. The highest BCUT2D eigenvalue weighted by molar-refractivity contribution is 6.35. The van der Waals surface area contributed by atoms with Crippen LogP contribution in [0.3, 0.4) is 0 Å². The SMILES string of the molecule is CCCNCc1ccc(-c2cc(Cl)ccc2Cl)cc1F. The number of nitrogens with one attached hydrogen (secondary N) is 1. The largest absolute Gasteiger partial charge is 0.313 e. The van der Waals surface area contributed by atoms with Crippen molar-refractivity contribution in [3.05, 3.63) is 57.8 Å². The number of rotatable bonds is 5. The molecule has 0 saturated heterocycles. The molecule has 1 nitrogen and oxygen atoms in total. The van der Waals surface area contributed by atoms with Gasteiger partial charge in [0.2, 0.25) is 0 Å². The zero-order valence-corrected chi connectivity index (χ0v) is 12.7. The van der Waals surface area contributed by atoms with Crippen molar-refractivity contribution in [2.45, 2.75) is 19.9 Å². The summed E-state index contributed by atoms with van der Waals surface area (Å²) >= 11 is 12.1. The van der Waals surface area contributed by atoms with E-state index in [9.17, 15) is 4.39 Å². The highest BCUT2D eigenvalue weighted by atomic mass is 35.5. The summed E-state index contributed by atoms with van der Waals surface area (Å²) in [5.41, 5.74) is 2.13. The first-order valence-electron chi connectivity index (χ1n) is 6.56. The Morgan fingerprint density at radius 1 is 1.10 bits per heavy atom. The highest BCUT2D eigenvalue weighted by Gasteiger charge is 2.08. The quantitative estimate of drug-likeness (QED) is 0.739. The van der Waals surface area contributed by atoms with Crippen LogP contribution in [0.1, 0.15) is 18.9 Å². The van der Waals surface area contributed by atoms with Crippen molar-refractivity contribution in [3.63, 3.8) is 0 Å². The maximum absolute atomic E-state index is 14.1. The fraction of sp³-hybridized carbons (Fsp3) is 0.250. The van der Waals surface area contributed by atoms with Gasteiger partial charge < -0.3 is 5.32 Å². The molecule has 0 amide bonds. The van der Waals surface area contributed by atoms with Gasteiger partial charge in [0.25, 0.3) is 0 Å². The molecule has 2 aromatic carbocycles. The minimum absolute atomic E-state index is 0.234. The van der Waals surface area contributed by atoms with E-state index in [0.717, 1.165) is 24.1 Å². The van der Waals surface area contributed by atoms with E-state index in [-0.39, 0.29) is 5.82 Å². The van der Waals surface area contributed by atoms with Gasteiger partial charge in [-0.25, -0.2) is 4.39 Å². The molecular weight excluding hydrogens is 296 g/mol. The second-order valence-corrected chi connectivity index (χ2v) is 5.45. The molecule has 0 aliphatic heterocycles. The molecule has 20 heavy (non-hydrogen) atoms. The molecule has 0 unspecified atom stereocenters. The summed E-state index contributed by atoms with van der Waals surface area (Å²) < 4.78 is 14.1. The van der Waals surface area contributed by atoms with Gasteiger partial charge in [0.15, 0.2) is 0 Å². The topological polar surface area (TPSA) is 12.0 Å². The molecule has 2 aromatic rings. The third kappa shape index (κ3) is 3.72. The molecule has 0 fully saturated rings. The van der Waals surface area contributed by atoms with Gasteiger partial charge in [-0.2, -0.15) is 0 Å². The molecule has 0 atom stereocenters. The average molecular weight is 312 g/mol. The molecule has 2 rings (SSSR count). The zero-order chi connectivity index (χ0) is 14.5. The minimum Gasteiger partial charge on any atom is -0.313 e. The van der Waals surface area contributed by atoms with Crippen LogP contribution in [0.5, 0.6) is 0 Å². The van der Waals surface area contributed by atoms with Crippen LogP contribution >= 0.6 is 23.2 Å². The zero-order valence-electron chi connectivity index (χ0n) is 11.2. The Kier molecular flexibility index (Phi) is 5.41. The molecule has 1 N–H and O–H groups in total. The van der Waals surface area contributed by atoms with E-state index >= 15 is 0 Å². The van der Waals surface area contributed by atoms with Crippen molar-refractivity contribution in [2.75, 3.05) is 6.54 Å². The van der Waals surface area contributed by atoms with Crippen molar-refractivity contribution in [1.29, 1.82) is 0 Å². The van der Waals surface area contributed by atoms with Crippen LogP contribution in [0.15, 0.2) is 36.4 Å². The van der Waals surface area contributed by atoms with E-state index < -0.39 is 0 Å². The van der Waals surface area contributed by atoms with Gasteiger partial charge in [-0.05, 0) is 42.8 Å². The molecule has 0 saturated carbocycles. The van der Waals surface area contributed by atoms with Crippen molar-refractivity contribution >= 4 is 23.2 Å². The average Bonchev–Trinajstić information content (AvgIpc) is 2.43. The van der Waals surface area contributed by atoms with Crippen molar-refractivity contribution in [2.24, 2.45) is 0 Å². The molecular formula is C16H16Cl2FN. The van der Waals surface area contributed by atoms with E-state index in [4.69, 9.17) is 23.2 Å². The summed E-state index contributed by atoms with van der Waals surface area (Å²) in [5, 5.41) is 4.33. The summed E-state index contributed by atoms with van der Waals surface area (Å²) in [6.07, 6.45) is 1.03. The first kappa shape index (κ1) is 15.3. The number of halogens is 3. The maximum atomic E-state index is 14.1. The molecule has 0 aliphatic rings. The number of hydrogen-bond donors (Lipinski definition) is 1. The van der Waals surface area contributed by atoms with Gasteiger partial charge in [-0.1, -0.05) is 42.3 Å². The first-order valence-corrected chi connectivity index (χ1v) is 7.32. The first-order chi connectivity index (χ1) is 9.61. The second kappa shape index (κ2) is 7.07. The van der Waals surface area contributed by atoms with Gasteiger partial charge in [0, 0.05) is 27.7 Å². The van der Waals surface area contributed by atoms with E-state index in [2.05, 4.69) is 12.2 Å². The third-order valence-corrected chi connectivity index (χ3v) is 3.60. The van der Waals surface area contributed by atoms with Crippen LogP contribution in [0.2, 0.25) is 10.0 Å². The normalized spacial score (nSPS) is 10.8. The van der Waals surface area contributed by atoms with Gasteiger partial charge in [0.1, 0.15) is 5.82 Å². The molecule has 106 valence electrons. The van der Waals surface area contributed by atoms with Crippen molar-refractivity contribution in [3.8, 4) is 11.1 Å². The Labute approximate surface area is 128 Å². The highest BCUT2D eigenvalue weighted by Crippen LogP contribution is 2.31. The summed E-state index contributed by atoms with van der Waals surface area (Å²) in [4.78, 5) is 0. The lowest BCUT2D eigenvalue weighted by Crippen LogP contribution is -2.14. The molecule has 0 aromatic heterocycles. The molecule has 0 radical (unpaired) electrons. The second-order valence-electron chi connectivity index (χ2n) is 4.61. The van der Waals surface area contributed by atoms with Gasteiger partial charge in [-0.15, -0.1) is 0 Å². The maximum Gasteiger partial charge on any atom is 0.128 e. The standard InChI is InChI=1S/C16H16Cl2FN/c1-2-7-20-10-12-4-3-11(8-16(12)19)14-9-13(17)5-6-15(14)18/h3-6,8-9,20H,2,7,10H2,1H3. The lowest BCUT2D eigenvalue weighted by Gasteiger charge is -2.09. The van der Waals surface area contributed by atoms with Crippen LogP contribution in [-0.4, -0.2) is 6.54 Å². The Bertz CT molecular complexity index is 599. The van der Waals surface area contributed by atoms with Crippen molar-refractivity contribution < 1.29 is 4.39 Å². The lowest BCUT2D eigenvalue weighted by molar-refractivity contribution is 0.587. The van der Waals surface area contributed by atoms with Crippen LogP contribution in [0.25, 0.3) is 11.1 Å². The summed E-state index contributed by atoms with van der Waals surface area (Å²) in [6, 6.07) is 10.3. The molecule has 0 heterocycles. The fourth-order valence-corrected chi connectivity index (χ4v) is 2.38. The van der Waals surface area contributed by atoms with Crippen LogP contribution in [0, 0.1) is 5.82 Å². The Balaban J connectivity index is 2.26. The summed E-state index contributed by atoms with van der Waals surface area (Å²) in [6.45, 7) is 3.48. The Morgan fingerprint density at radius 3 is 2.60 bits per heavy atom. The number of hydrogen-bond acceptors (Lipinski definition) is 1. The van der Waals surface area contributed by atoms with Gasteiger partial charge in [-0.3, -0.25) is 0 Å². The predicted molar refractivity (Wildman–Crippen MR) is 83.9 cm³/mol. The monoisotopic (exact) mass is 311 g/mol. The fourth-order valence-electron chi connectivity index (χ4n) is 1.98. The van der Waals surface area contributed by atoms with Gasteiger partial charge >= 0.3 is 0 Å². The third-order valence-electron chi connectivity index (χ3n) is 3.03. The number of benzene rings is 2. The van der Waals surface area contributed by atoms with Crippen LogP contribution < -0.4 is 5.32 Å². The summed E-state index contributed by atoms with van der Waals surface area (Å²) in [5.74, 6) is -0.234. The van der Waals surface area contributed by atoms with Crippen LogP contribution in [-0.2, 0) is 6.54 Å². The molecule has 0 spiro atoms. The van der Waals surface area contributed by atoms with Crippen molar-refractivity contribution in [1.82, 2.24) is 5.32 Å². The Morgan fingerprint density at radius 2 is 1.90 bits per heavy atom. The lowest BCUT2D eigenvalue weighted by atomic mass is 10.0. The molecule has 0 bridgehead atoms. The van der Waals surface area contributed by atoms with E-state index in [1.807, 2.05) is 6.07 Å². The molecule has 4 heteroatoms. The van der Waals surface area contributed by atoms with E-state index in [1.54, 1.807) is 24.3 Å². The van der Waals surface area contributed by atoms with E-state index in [0.29, 0.717) is 22.2 Å². The smallest absolute Gasteiger partial charge is 0.128 e. The van der Waals surface area contributed by atoms with Gasteiger partial charge in [0.05, 0.1) is 0 Å². The predicted octanol–water partition coefficient (Wildman–Crippen LogP) is 5.30. The summed E-state index contributed by atoms with van der Waals surface area (Å²) in [7, 11) is 0. The minimum atomic E-state index is -0.234. The van der Waals surface area contributed by atoms with Crippen LogP contribution in [0.4, 0.5) is 4.39 Å².